The molecule has 4 rings (SSSR count). The van der Waals surface area contributed by atoms with Crippen molar-refractivity contribution >= 4 is 16.9 Å². The van der Waals surface area contributed by atoms with E-state index in [1.165, 1.54) is 0 Å². The number of allylic oxidation sites excluding steroid dienone is 1. The topological polar surface area (TPSA) is 65.4 Å². The van der Waals surface area contributed by atoms with E-state index < -0.39 is 0 Å². The number of methoxy groups -OCH3 is 1. The van der Waals surface area contributed by atoms with Gasteiger partial charge in [-0.1, -0.05) is 24.3 Å². The van der Waals surface area contributed by atoms with E-state index in [4.69, 9.17) is 14.5 Å². The Balaban J connectivity index is 1.40. The lowest BCUT2D eigenvalue weighted by molar-refractivity contribution is -0.122. The molecule has 168 valence electrons. The molecule has 1 amide bonds. The number of fused-ring (bicyclic) bond motifs is 1. The molecule has 0 aliphatic heterocycles. The van der Waals surface area contributed by atoms with Gasteiger partial charge in [0.25, 0.3) is 0 Å². The summed E-state index contributed by atoms with van der Waals surface area (Å²) in [4.78, 5) is 16.7. The lowest BCUT2D eigenvalue weighted by Crippen LogP contribution is -2.26. The van der Waals surface area contributed by atoms with Crippen molar-refractivity contribution < 1.29 is 14.3 Å². The third kappa shape index (κ3) is 5.31. The first-order valence-electron chi connectivity index (χ1n) is 11.3. The molecule has 0 radical (unpaired) electrons. The van der Waals surface area contributed by atoms with E-state index in [1.54, 1.807) is 7.11 Å². The molecule has 0 atom stereocenters. The van der Waals surface area contributed by atoms with E-state index in [1.807, 2.05) is 42.5 Å². The number of rotatable bonds is 12. The van der Waals surface area contributed by atoms with Crippen molar-refractivity contribution in [3.63, 3.8) is 0 Å². The number of hydrogen-bond acceptors (Lipinski definition) is 4. The summed E-state index contributed by atoms with van der Waals surface area (Å²) in [5.74, 6) is 2.92. The summed E-state index contributed by atoms with van der Waals surface area (Å²) in [7, 11) is 1.66. The molecule has 2 aromatic carbocycles. The molecule has 1 aliphatic rings. The summed E-state index contributed by atoms with van der Waals surface area (Å²) < 4.78 is 13.8. The van der Waals surface area contributed by atoms with Gasteiger partial charge < -0.3 is 19.4 Å². The second-order valence-corrected chi connectivity index (χ2v) is 8.16. The predicted octanol–water partition coefficient (Wildman–Crippen LogP) is 4.31. The highest BCUT2D eigenvalue weighted by Crippen LogP contribution is 2.29. The fourth-order valence-electron chi connectivity index (χ4n) is 3.89. The van der Waals surface area contributed by atoms with E-state index in [9.17, 15) is 4.79 Å². The van der Waals surface area contributed by atoms with Crippen LogP contribution in [-0.4, -0.2) is 35.7 Å². The van der Waals surface area contributed by atoms with Gasteiger partial charge >= 0.3 is 0 Å². The second-order valence-electron chi connectivity index (χ2n) is 8.16. The molecular formula is C26H31N3O3. The van der Waals surface area contributed by atoms with Crippen molar-refractivity contribution in [1.29, 1.82) is 0 Å². The SMILES string of the molecule is C=CCc1ccc(OCCn2c(CCCNC(=O)C3CC3)nc3ccccc32)c(OC)c1. The fraction of sp³-hybridized carbons (Fsp3) is 0.385. The monoisotopic (exact) mass is 433 g/mol. The zero-order chi connectivity index (χ0) is 22.3. The maximum absolute atomic E-state index is 11.8. The molecule has 1 N–H and O–H groups in total. The van der Waals surface area contributed by atoms with Crippen LogP contribution in [-0.2, 0) is 24.2 Å². The predicted molar refractivity (Wildman–Crippen MR) is 126 cm³/mol. The van der Waals surface area contributed by atoms with Gasteiger partial charge in [0.05, 0.1) is 24.7 Å². The lowest BCUT2D eigenvalue weighted by Gasteiger charge is -2.14. The van der Waals surface area contributed by atoms with Crippen molar-refractivity contribution in [2.24, 2.45) is 5.92 Å². The van der Waals surface area contributed by atoms with E-state index in [-0.39, 0.29) is 11.8 Å². The minimum absolute atomic E-state index is 0.194. The van der Waals surface area contributed by atoms with Crippen LogP contribution in [0.4, 0.5) is 0 Å². The summed E-state index contributed by atoms with van der Waals surface area (Å²) in [5, 5.41) is 3.04. The van der Waals surface area contributed by atoms with Gasteiger partial charge in [0.2, 0.25) is 5.91 Å². The Morgan fingerprint density at radius 2 is 2.09 bits per heavy atom. The van der Waals surface area contributed by atoms with Crippen LogP contribution in [0.25, 0.3) is 11.0 Å². The number of amides is 1. The molecule has 3 aromatic rings. The third-order valence-electron chi connectivity index (χ3n) is 5.74. The number of benzene rings is 2. The number of nitrogens with one attached hydrogen (secondary N) is 1. The van der Waals surface area contributed by atoms with Crippen LogP contribution in [0.15, 0.2) is 55.1 Å². The first-order valence-corrected chi connectivity index (χ1v) is 11.3. The van der Waals surface area contributed by atoms with Crippen LogP contribution in [0.2, 0.25) is 0 Å². The van der Waals surface area contributed by atoms with E-state index >= 15 is 0 Å². The van der Waals surface area contributed by atoms with Crippen molar-refractivity contribution in [2.75, 3.05) is 20.3 Å². The average Bonchev–Trinajstić information content (AvgIpc) is 3.60. The molecule has 6 nitrogen and oxygen atoms in total. The number of nitrogens with zero attached hydrogens (tertiary/aromatic N) is 2. The Morgan fingerprint density at radius 1 is 1.25 bits per heavy atom. The molecule has 6 heteroatoms. The van der Waals surface area contributed by atoms with Crippen LogP contribution in [0.5, 0.6) is 11.5 Å². The third-order valence-corrected chi connectivity index (χ3v) is 5.74. The van der Waals surface area contributed by atoms with Crippen LogP contribution in [0, 0.1) is 5.92 Å². The molecule has 1 heterocycles. The number of carbonyl (C=O) groups is 1. The molecule has 0 unspecified atom stereocenters. The molecule has 1 aliphatic carbocycles. The fourth-order valence-corrected chi connectivity index (χ4v) is 3.89. The zero-order valence-corrected chi connectivity index (χ0v) is 18.7. The zero-order valence-electron chi connectivity index (χ0n) is 18.7. The summed E-state index contributed by atoms with van der Waals surface area (Å²) in [6.45, 7) is 5.66. The highest BCUT2D eigenvalue weighted by molar-refractivity contribution is 5.80. The van der Waals surface area contributed by atoms with Gasteiger partial charge in [-0.3, -0.25) is 4.79 Å². The summed E-state index contributed by atoms with van der Waals surface area (Å²) in [6, 6.07) is 14.1. The van der Waals surface area contributed by atoms with Gasteiger partial charge in [-0.15, -0.1) is 6.58 Å². The van der Waals surface area contributed by atoms with E-state index in [2.05, 4.69) is 22.5 Å². The number of aromatic nitrogens is 2. The quantitative estimate of drug-likeness (QED) is 0.341. The number of carbonyl (C=O) groups excluding carboxylic acids is 1. The average molecular weight is 434 g/mol. The highest BCUT2D eigenvalue weighted by Gasteiger charge is 2.29. The summed E-state index contributed by atoms with van der Waals surface area (Å²) in [6.07, 6.45) is 6.40. The largest absolute Gasteiger partial charge is 0.493 e. The van der Waals surface area contributed by atoms with Gasteiger partial charge in [0, 0.05) is 18.9 Å². The van der Waals surface area contributed by atoms with Gasteiger partial charge in [-0.2, -0.15) is 0 Å². The van der Waals surface area contributed by atoms with Gasteiger partial charge in [-0.05, 0) is 55.5 Å². The van der Waals surface area contributed by atoms with Crippen LogP contribution >= 0.6 is 0 Å². The van der Waals surface area contributed by atoms with E-state index in [0.717, 1.165) is 66.0 Å². The Morgan fingerprint density at radius 3 is 2.88 bits per heavy atom. The van der Waals surface area contributed by atoms with Crippen molar-refractivity contribution in [3.05, 3.63) is 66.5 Å². The van der Waals surface area contributed by atoms with Gasteiger partial charge in [0.1, 0.15) is 12.4 Å². The summed E-state index contributed by atoms with van der Waals surface area (Å²) >= 11 is 0. The Labute approximate surface area is 189 Å². The Bertz CT molecular complexity index is 1090. The number of para-hydroxylation sites is 2. The second kappa shape index (κ2) is 10.4. The minimum atomic E-state index is 0.194. The molecule has 0 saturated heterocycles. The van der Waals surface area contributed by atoms with Crippen molar-refractivity contribution in [3.8, 4) is 11.5 Å². The van der Waals surface area contributed by atoms with Gasteiger partial charge in [0.15, 0.2) is 11.5 Å². The standard InChI is InChI=1S/C26H31N3O3/c1-3-7-19-11-14-23(24(18-19)31-2)32-17-16-29-22-9-5-4-8-21(22)28-25(29)10-6-15-27-26(30)20-12-13-20/h3-5,8-9,11,14,18,20H,1,6-7,10,12-13,15-17H2,2H3,(H,27,30). The summed E-state index contributed by atoms with van der Waals surface area (Å²) in [5.41, 5.74) is 3.22. The molecule has 1 aromatic heterocycles. The van der Waals surface area contributed by atoms with E-state index in [0.29, 0.717) is 19.7 Å². The molecule has 0 spiro atoms. The maximum atomic E-state index is 11.8. The Hall–Kier alpha value is -3.28. The highest BCUT2D eigenvalue weighted by atomic mass is 16.5. The minimum Gasteiger partial charge on any atom is -0.493 e. The normalized spacial score (nSPS) is 13.2. The number of ether oxygens (including phenoxy) is 2. The number of imidazole rings is 1. The van der Waals surface area contributed by atoms with Crippen LogP contribution in [0.1, 0.15) is 30.7 Å². The van der Waals surface area contributed by atoms with Crippen molar-refractivity contribution in [2.45, 2.75) is 38.6 Å². The molecule has 1 fully saturated rings. The first kappa shape index (κ1) is 21.9. The van der Waals surface area contributed by atoms with Gasteiger partial charge in [-0.25, -0.2) is 4.98 Å². The molecule has 1 saturated carbocycles. The van der Waals surface area contributed by atoms with Crippen LogP contribution in [0.3, 0.4) is 0 Å². The Kier molecular flexibility index (Phi) is 7.10. The molecule has 32 heavy (non-hydrogen) atoms. The number of aryl methyl sites for hydroxylation is 1. The molecular weight excluding hydrogens is 402 g/mol. The van der Waals surface area contributed by atoms with Crippen LogP contribution < -0.4 is 14.8 Å². The number of hydrogen-bond donors (Lipinski definition) is 1. The molecule has 0 bridgehead atoms. The smallest absolute Gasteiger partial charge is 0.223 e. The van der Waals surface area contributed by atoms with Crippen molar-refractivity contribution in [1.82, 2.24) is 14.9 Å². The lowest BCUT2D eigenvalue weighted by atomic mass is 10.1. The first-order chi connectivity index (χ1) is 15.7. The maximum Gasteiger partial charge on any atom is 0.223 e.